The van der Waals surface area contributed by atoms with Crippen LogP contribution >= 0.6 is 0 Å². The number of sulfone groups is 1. The van der Waals surface area contributed by atoms with Crippen molar-refractivity contribution in [2.24, 2.45) is 0 Å². The summed E-state index contributed by atoms with van der Waals surface area (Å²) < 4.78 is 90.6. The molecule has 14 heteroatoms. The smallest absolute Gasteiger partial charge is 0.251 e. The van der Waals surface area contributed by atoms with E-state index in [9.17, 15) is 30.8 Å². The zero-order chi connectivity index (χ0) is 29.3. The maximum Gasteiger partial charge on any atom is 0.251 e. The van der Waals surface area contributed by atoms with Crippen LogP contribution in [0.1, 0.15) is 34.2 Å². The minimum Gasteiger partial charge on any atom is -0.489 e. The molecule has 1 aliphatic heterocycles. The summed E-state index contributed by atoms with van der Waals surface area (Å²) in [4.78, 5) is 25.1. The van der Waals surface area contributed by atoms with Gasteiger partial charge < -0.3 is 14.8 Å². The first-order valence-corrected chi connectivity index (χ1v) is 13.8. The number of rotatable bonds is 7. The van der Waals surface area contributed by atoms with E-state index in [2.05, 4.69) is 20.3 Å². The fourth-order valence-electron chi connectivity index (χ4n) is 4.25. The fraction of sp³-hybridized carbons (Fsp3) is 0.259. The van der Waals surface area contributed by atoms with Crippen LogP contribution in [0.2, 0.25) is 0 Å². The lowest BCUT2D eigenvalue weighted by Crippen LogP contribution is -2.24. The Bertz CT molecular complexity index is 1760. The van der Waals surface area contributed by atoms with Gasteiger partial charge in [-0.3, -0.25) is 9.78 Å². The van der Waals surface area contributed by atoms with E-state index in [1.165, 1.54) is 25.4 Å². The molecule has 4 heterocycles. The quantitative estimate of drug-likeness (QED) is 0.310. The van der Waals surface area contributed by atoms with Crippen molar-refractivity contribution in [3.8, 4) is 23.0 Å². The first kappa shape index (κ1) is 28.2. The Hall–Kier alpha value is -4.33. The Labute approximate surface area is 231 Å². The Kier molecular flexibility index (Phi) is 7.76. The van der Waals surface area contributed by atoms with Gasteiger partial charge in [-0.25, -0.2) is 35.9 Å². The van der Waals surface area contributed by atoms with Crippen LogP contribution in [0.4, 0.5) is 17.6 Å². The largest absolute Gasteiger partial charge is 0.489 e. The number of methoxy groups -OCH3 is 1. The van der Waals surface area contributed by atoms with Crippen LogP contribution in [0.25, 0.3) is 22.3 Å². The van der Waals surface area contributed by atoms with Gasteiger partial charge in [0.2, 0.25) is 21.2 Å². The number of pyridine rings is 3. The first-order valence-electron chi connectivity index (χ1n) is 12.3. The van der Waals surface area contributed by atoms with Gasteiger partial charge in [0, 0.05) is 23.6 Å². The Morgan fingerprint density at radius 1 is 1.17 bits per heavy atom. The van der Waals surface area contributed by atoms with Crippen molar-refractivity contribution in [1.29, 1.82) is 0 Å². The van der Waals surface area contributed by atoms with Crippen molar-refractivity contribution >= 4 is 26.6 Å². The number of nitrogens with zero attached hydrogens (tertiary/aromatic N) is 3. The highest BCUT2D eigenvalue weighted by atomic mass is 32.2. The maximum atomic E-state index is 14.6. The van der Waals surface area contributed by atoms with E-state index in [0.717, 1.165) is 12.1 Å². The molecule has 0 unspecified atom stereocenters. The van der Waals surface area contributed by atoms with Crippen LogP contribution in [0.15, 0.2) is 53.6 Å². The number of hydrogen-bond acceptors (Lipinski definition) is 8. The lowest BCUT2D eigenvalue weighted by Gasteiger charge is -2.12. The van der Waals surface area contributed by atoms with Crippen LogP contribution in [-0.2, 0) is 16.4 Å². The van der Waals surface area contributed by atoms with Crippen molar-refractivity contribution in [2.75, 3.05) is 20.4 Å². The highest BCUT2D eigenvalue weighted by Gasteiger charge is 2.35. The molecule has 5 rings (SSSR count). The molecule has 0 saturated heterocycles. The molecule has 3 aromatic heterocycles. The van der Waals surface area contributed by atoms with Crippen molar-refractivity contribution in [2.45, 2.75) is 29.5 Å². The molecule has 41 heavy (non-hydrogen) atoms. The zero-order valence-corrected chi connectivity index (χ0v) is 22.2. The number of carbonyl (C=O) groups is 1. The fourth-order valence-corrected chi connectivity index (χ4v) is 5.63. The van der Waals surface area contributed by atoms with E-state index in [-0.39, 0.29) is 30.2 Å². The SMILES string of the molecule is COc1nc(-c2ccc3cnc(CNC(=O)c4cc(F)c5c(c4)S(=O)(=O)[C@@H](F)CCO5)cc3n2)ccc1[C@H](F)CF. The molecule has 1 aliphatic rings. The number of nitrogens with one attached hydrogen (secondary N) is 1. The minimum absolute atomic E-state index is 0.0224. The highest BCUT2D eigenvalue weighted by Crippen LogP contribution is 2.35. The molecule has 0 bridgehead atoms. The van der Waals surface area contributed by atoms with Gasteiger partial charge in [0.25, 0.3) is 5.91 Å². The van der Waals surface area contributed by atoms with Crippen LogP contribution in [0.5, 0.6) is 11.6 Å². The topological polar surface area (TPSA) is 120 Å². The third-order valence-electron chi connectivity index (χ3n) is 6.38. The van der Waals surface area contributed by atoms with Crippen LogP contribution in [0, 0.1) is 5.82 Å². The zero-order valence-electron chi connectivity index (χ0n) is 21.4. The molecule has 9 nitrogen and oxygen atoms in total. The highest BCUT2D eigenvalue weighted by molar-refractivity contribution is 7.92. The van der Waals surface area contributed by atoms with Crippen LogP contribution in [-0.4, -0.2) is 55.2 Å². The summed E-state index contributed by atoms with van der Waals surface area (Å²) in [5, 5.41) is 3.19. The number of hydrogen-bond donors (Lipinski definition) is 1. The molecule has 0 radical (unpaired) electrons. The predicted octanol–water partition coefficient (Wildman–Crippen LogP) is 4.60. The monoisotopic (exact) mass is 590 g/mol. The lowest BCUT2D eigenvalue weighted by atomic mass is 10.1. The number of ether oxygens (including phenoxy) is 2. The molecule has 214 valence electrons. The van der Waals surface area contributed by atoms with E-state index < -0.39 is 57.0 Å². The third kappa shape index (κ3) is 5.51. The second kappa shape index (κ2) is 11.3. The molecule has 4 aromatic rings. The van der Waals surface area contributed by atoms with Crippen LogP contribution in [0.3, 0.4) is 0 Å². The first-order chi connectivity index (χ1) is 19.6. The van der Waals surface area contributed by atoms with Gasteiger partial charge in [0.1, 0.15) is 11.6 Å². The number of aromatic nitrogens is 3. The van der Waals surface area contributed by atoms with Crippen molar-refractivity contribution < 1.29 is 40.2 Å². The molecule has 0 aliphatic carbocycles. The second-order valence-electron chi connectivity index (χ2n) is 9.04. The predicted molar refractivity (Wildman–Crippen MR) is 139 cm³/mol. The summed E-state index contributed by atoms with van der Waals surface area (Å²) in [5.74, 6) is -2.60. The average Bonchev–Trinajstić information content (AvgIpc) is 3.09. The molecular weight excluding hydrogens is 568 g/mol. The third-order valence-corrected chi connectivity index (χ3v) is 8.21. The van der Waals surface area contributed by atoms with E-state index >= 15 is 0 Å². The molecule has 0 saturated carbocycles. The van der Waals surface area contributed by atoms with Gasteiger partial charge in [0.15, 0.2) is 17.7 Å². The minimum atomic E-state index is -4.55. The second-order valence-corrected chi connectivity index (χ2v) is 11.1. The summed E-state index contributed by atoms with van der Waals surface area (Å²) in [6, 6.07) is 9.56. The van der Waals surface area contributed by atoms with Crippen LogP contribution < -0.4 is 14.8 Å². The number of halogens is 4. The normalized spacial score (nSPS) is 16.8. The summed E-state index contributed by atoms with van der Waals surface area (Å²) >= 11 is 0. The Morgan fingerprint density at radius 2 is 1.93 bits per heavy atom. The summed E-state index contributed by atoms with van der Waals surface area (Å²) in [6.45, 7) is -1.67. The van der Waals surface area contributed by atoms with E-state index in [1.807, 2.05) is 0 Å². The number of benzene rings is 1. The van der Waals surface area contributed by atoms with Gasteiger partial charge in [0.05, 0.1) is 48.4 Å². The van der Waals surface area contributed by atoms with E-state index in [4.69, 9.17) is 9.47 Å². The molecule has 2 atom stereocenters. The number of fused-ring (bicyclic) bond motifs is 2. The average molecular weight is 591 g/mol. The number of carbonyl (C=O) groups excluding carboxylic acids is 1. The van der Waals surface area contributed by atoms with E-state index in [1.54, 1.807) is 18.2 Å². The van der Waals surface area contributed by atoms with Crippen molar-refractivity contribution in [1.82, 2.24) is 20.3 Å². The molecule has 1 amide bonds. The molecular formula is C27H22F4N4O5S. The van der Waals surface area contributed by atoms with Gasteiger partial charge in [-0.15, -0.1) is 0 Å². The van der Waals surface area contributed by atoms with Crippen molar-refractivity contribution in [3.05, 3.63) is 71.3 Å². The van der Waals surface area contributed by atoms with Gasteiger partial charge in [-0.2, -0.15) is 0 Å². The molecule has 0 fully saturated rings. The van der Waals surface area contributed by atoms with E-state index in [0.29, 0.717) is 28.0 Å². The molecule has 0 spiro atoms. The van der Waals surface area contributed by atoms with Gasteiger partial charge >= 0.3 is 0 Å². The number of alkyl halides is 3. The van der Waals surface area contributed by atoms with Gasteiger partial charge in [-0.1, -0.05) is 0 Å². The van der Waals surface area contributed by atoms with Gasteiger partial charge in [-0.05, 0) is 42.5 Å². The molecule has 1 N–H and O–H groups in total. The summed E-state index contributed by atoms with van der Waals surface area (Å²) in [6.07, 6.45) is -0.818. The number of amides is 1. The Morgan fingerprint density at radius 3 is 2.68 bits per heavy atom. The standard InChI is InChI=1S/C27H22F4N4O5S/c1-39-27-17(19(30)11-28)3-5-21(35-27)20-4-2-14-12-32-16(10-22(14)34-20)13-33-26(36)15-8-18(29)25-23(9-15)41(37,38)24(31)6-7-40-25/h2-5,8-10,12,19,24H,6-7,11,13H2,1H3,(H,33,36)/t19-,24-/m1/s1. The Balaban J connectivity index is 1.38. The summed E-state index contributed by atoms with van der Waals surface area (Å²) in [7, 11) is -3.25. The summed E-state index contributed by atoms with van der Waals surface area (Å²) in [5.41, 5.74) is -1.03. The molecule has 1 aromatic carbocycles. The maximum absolute atomic E-state index is 14.6. The van der Waals surface area contributed by atoms with Crippen molar-refractivity contribution in [3.63, 3.8) is 0 Å². The lowest BCUT2D eigenvalue weighted by molar-refractivity contribution is 0.0949.